The summed E-state index contributed by atoms with van der Waals surface area (Å²) in [6, 6.07) is 0. The Balaban J connectivity index is 3.82. The zero-order chi connectivity index (χ0) is 8.85. The number of hydrogen-bond acceptors (Lipinski definition) is 2. The molecule has 0 aliphatic carbocycles. The van der Waals surface area contributed by atoms with E-state index in [4.69, 9.17) is 16.6 Å². The number of terminal acetylenes is 1. The summed E-state index contributed by atoms with van der Waals surface area (Å²) in [6.45, 7) is 0. The Bertz CT molecular complexity index is 201. The van der Waals surface area contributed by atoms with Crippen molar-refractivity contribution in [3.63, 3.8) is 0 Å². The van der Waals surface area contributed by atoms with E-state index in [0.717, 1.165) is 0 Å². The molecule has 0 aromatic carbocycles. The lowest BCUT2D eigenvalue weighted by atomic mass is 10.1. The van der Waals surface area contributed by atoms with Gasteiger partial charge in [0.25, 0.3) is 0 Å². The summed E-state index contributed by atoms with van der Waals surface area (Å²) in [7, 11) is 0. The van der Waals surface area contributed by atoms with Gasteiger partial charge in [0.15, 0.2) is 0 Å². The molecule has 0 aromatic rings. The van der Waals surface area contributed by atoms with Crippen LogP contribution in [0.15, 0.2) is 0 Å². The highest BCUT2D eigenvalue weighted by molar-refractivity contribution is 5.74. The van der Waals surface area contributed by atoms with Gasteiger partial charge in [0.2, 0.25) is 0 Å². The minimum absolute atomic E-state index is 0.0127. The van der Waals surface area contributed by atoms with Crippen LogP contribution in [0.2, 0.25) is 0 Å². The summed E-state index contributed by atoms with van der Waals surface area (Å²) in [6.07, 6.45) is 4.62. The molecule has 0 fully saturated rings. The number of hydrogen-bond donors (Lipinski definition) is 2. The van der Waals surface area contributed by atoms with Crippen LogP contribution in [-0.4, -0.2) is 22.2 Å². The van der Waals surface area contributed by atoms with Crippen molar-refractivity contribution >= 4 is 11.9 Å². The Kier molecular flexibility index (Phi) is 3.75. The zero-order valence-corrected chi connectivity index (χ0v) is 5.78. The topological polar surface area (TPSA) is 74.6 Å². The minimum atomic E-state index is -1.14. The molecule has 0 radical (unpaired) electrons. The first-order chi connectivity index (χ1) is 5.07. The van der Waals surface area contributed by atoms with Crippen molar-refractivity contribution in [2.75, 3.05) is 0 Å². The molecule has 4 heteroatoms. The Morgan fingerprint density at radius 3 is 2.27 bits per heavy atom. The molecule has 0 heterocycles. The summed E-state index contributed by atoms with van der Waals surface area (Å²) in [5.74, 6) is -1.17. The van der Waals surface area contributed by atoms with Crippen molar-refractivity contribution in [1.82, 2.24) is 0 Å². The van der Waals surface area contributed by atoms with E-state index < -0.39 is 17.9 Å². The third-order valence-corrected chi connectivity index (χ3v) is 1.15. The van der Waals surface area contributed by atoms with Gasteiger partial charge >= 0.3 is 11.9 Å². The fourth-order valence-corrected chi connectivity index (χ4v) is 0.546. The van der Waals surface area contributed by atoms with Crippen molar-refractivity contribution in [2.24, 2.45) is 5.92 Å². The minimum Gasteiger partial charge on any atom is -0.481 e. The second-order valence-electron chi connectivity index (χ2n) is 1.99. The van der Waals surface area contributed by atoms with E-state index in [2.05, 4.69) is 0 Å². The molecular formula is C7H8O4. The van der Waals surface area contributed by atoms with E-state index in [0.29, 0.717) is 0 Å². The predicted molar refractivity (Wildman–Crippen MR) is 36.8 cm³/mol. The van der Waals surface area contributed by atoms with Crippen LogP contribution in [0.5, 0.6) is 0 Å². The van der Waals surface area contributed by atoms with E-state index in [1.807, 2.05) is 5.92 Å². The van der Waals surface area contributed by atoms with Gasteiger partial charge in [0.05, 0.1) is 0 Å². The fourth-order valence-electron chi connectivity index (χ4n) is 0.546. The number of rotatable bonds is 4. The van der Waals surface area contributed by atoms with E-state index >= 15 is 0 Å². The summed E-state index contributed by atoms with van der Waals surface area (Å²) in [5, 5.41) is 16.5. The van der Waals surface area contributed by atoms with Crippen molar-refractivity contribution in [2.45, 2.75) is 12.8 Å². The lowest BCUT2D eigenvalue weighted by Gasteiger charge is -2.00. The molecule has 0 bridgehead atoms. The van der Waals surface area contributed by atoms with Gasteiger partial charge in [-0.25, -0.2) is 0 Å². The molecule has 0 amide bonds. The quantitative estimate of drug-likeness (QED) is 0.569. The smallest absolute Gasteiger partial charge is 0.318 e. The van der Waals surface area contributed by atoms with Crippen LogP contribution >= 0.6 is 0 Å². The third kappa shape index (κ3) is 3.98. The average Bonchev–Trinajstić information content (AvgIpc) is 1.87. The standard InChI is InChI=1S/C7H8O4/c1-2-5(7(10)11)3-4-6(8)9/h1,5H,3-4H2,(H,8,9)(H,10,11). The monoisotopic (exact) mass is 156 g/mol. The Morgan fingerprint density at radius 2 is 2.00 bits per heavy atom. The van der Waals surface area contributed by atoms with Gasteiger partial charge < -0.3 is 10.2 Å². The maximum Gasteiger partial charge on any atom is 0.318 e. The van der Waals surface area contributed by atoms with Gasteiger partial charge in [-0.05, 0) is 6.42 Å². The normalized spacial score (nSPS) is 11.5. The van der Waals surface area contributed by atoms with Gasteiger partial charge in [-0.2, -0.15) is 0 Å². The first-order valence-electron chi connectivity index (χ1n) is 2.98. The second kappa shape index (κ2) is 4.34. The number of carbonyl (C=O) groups is 2. The van der Waals surface area contributed by atoms with Crippen LogP contribution in [0, 0.1) is 18.3 Å². The van der Waals surface area contributed by atoms with Crippen LogP contribution in [0.3, 0.4) is 0 Å². The highest BCUT2D eigenvalue weighted by atomic mass is 16.4. The SMILES string of the molecule is C#CC(CCC(=O)O)C(=O)O. The number of aliphatic carboxylic acids is 2. The molecule has 60 valence electrons. The molecule has 4 nitrogen and oxygen atoms in total. The van der Waals surface area contributed by atoms with Crippen molar-refractivity contribution in [1.29, 1.82) is 0 Å². The Labute approximate surface area is 63.8 Å². The number of carboxylic acid groups (broad SMARTS) is 2. The van der Waals surface area contributed by atoms with Crippen molar-refractivity contribution in [3.8, 4) is 12.3 Å². The zero-order valence-electron chi connectivity index (χ0n) is 5.78. The van der Waals surface area contributed by atoms with E-state index in [9.17, 15) is 9.59 Å². The molecule has 1 unspecified atom stereocenters. The molecule has 0 saturated heterocycles. The summed E-state index contributed by atoms with van der Waals surface area (Å²) >= 11 is 0. The van der Waals surface area contributed by atoms with Gasteiger partial charge in [-0.1, -0.05) is 5.92 Å². The summed E-state index contributed by atoms with van der Waals surface area (Å²) < 4.78 is 0. The van der Waals surface area contributed by atoms with Crippen LogP contribution in [-0.2, 0) is 9.59 Å². The maximum atomic E-state index is 10.2. The predicted octanol–water partition coefficient (Wildman–Crippen LogP) is 0.185. The summed E-state index contributed by atoms with van der Waals surface area (Å²) in [4.78, 5) is 20.2. The van der Waals surface area contributed by atoms with Gasteiger partial charge in [-0.3, -0.25) is 9.59 Å². The van der Waals surface area contributed by atoms with Crippen LogP contribution in [0.4, 0.5) is 0 Å². The molecule has 0 aliphatic rings. The van der Waals surface area contributed by atoms with Crippen molar-refractivity contribution < 1.29 is 19.8 Å². The average molecular weight is 156 g/mol. The van der Waals surface area contributed by atoms with Crippen LogP contribution in [0.25, 0.3) is 0 Å². The lowest BCUT2D eigenvalue weighted by molar-refractivity contribution is -0.140. The Hall–Kier alpha value is -1.50. The molecule has 0 aromatic heterocycles. The first kappa shape index (κ1) is 9.50. The molecule has 0 saturated carbocycles. The van der Waals surface area contributed by atoms with E-state index in [1.165, 1.54) is 0 Å². The highest BCUT2D eigenvalue weighted by Crippen LogP contribution is 2.04. The maximum absolute atomic E-state index is 10.2. The van der Waals surface area contributed by atoms with Gasteiger partial charge in [0.1, 0.15) is 5.92 Å². The fraction of sp³-hybridized carbons (Fsp3) is 0.429. The molecule has 0 rings (SSSR count). The van der Waals surface area contributed by atoms with E-state index in [-0.39, 0.29) is 12.8 Å². The second-order valence-corrected chi connectivity index (χ2v) is 1.99. The molecule has 11 heavy (non-hydrogen) atoms. The highest BCUT2D eigenvalue weighted by Gasteiger charge is 2.14. The van der Waals surface area contributed by atoms with Gasteiger partial charge in [-0.15, -0.1) is 6.42 Å². The molecular weight excluding hydrogens is 148 g/mol. The third-order valence-electron chi connectivity index (χ3n) is 1.15. The Morgan fingerprint density at radius 1 is 1.45 bits per heavy atom. The molecule has 2 N–H and O–H groups in total. The lowest BCUT2D eigenvalue weighted by Crippen LogP contribution is -2.12. The van der Waals surface area contributed by atoms with Crippen molar-refractivity contribution in [3.05, 3.63) is 0 Å². The number of carboxylic acids is 2. The van der Waals surface area contributed by atoms with E-state index in [1.54, 1.807) is 0 Å². The summed E-state index contributed by atoms with van der Waals surface area (Å²) in [5.41, 5.74) is 0. The van der Waals surface area contributed by atoms with Crippen LogP contribution < -0.4 is 0 Å². The van der Waals surface area contributed by atoms with Crippen LogP contribution in [0.1, 0.15) is 12.8 Å². The molecule has 0 spiro atoms. The largest absolute Gasteiger partial charge is 0.481 e. The molecule has 0 aliphatic heterocycles. The molecule has 1 atom stereocenters. The van der Waals surface area contributed by atoms with Gasteiger partial charge in [0, 0.05) is 6.42 Å². The first-order valence-corrected chi connectivity index (χ1v) is 2.98.